The molecule has 0 unspecified atom stereocenters. The number of carbonyl (C=O) groups is 1. The van der Waals surface area contributed by atoms with Crippen molar-refractivity contribution in [2.45, 2.75) is 6.92 Å². The number of nitrogens with one attached hydrogen (secondary N) is 2. The molecule has 4 aromatic rings. The van der Waals surface area contributed by atoms with Crippen LogP contribution in [0, 0.1) is 6.92 Å². The Morgan fingerprint density at radius 3 is 2.24 bits per heavy atom. The Bertz CT molecular complexity index is 1120. The largest absolute Gasteiger partial charge is 0.339 e. The second-order valence-electron chi connectivity index (χ2n) is 6.34. The molecular formula is C21H17BrN6O. The first-order valence-electron chi connectivity index (χ1n) is 8.87. The van der Waals surface area contributed by atoms with Gasteiger partial charge in [-0.05, 0) is 73.7 Å². The maximum atomic E-state index is 12.3. The van der Waals surface area contributed by atoms with Gasteiger partial charge in [0, 0.05) is 27.6 Å². The highest BCUT2D eigenvalue weighted by atomic mass is 79.9. The van der Waals surface area contributed by atoms with E-state index in [1.54, 1.807) is 16.8 Å². The lowest BCUT2D eigenvalue weighted by Crippen LogP contribution is -2.11. The molecule has 2 aromatic heterocycles. The minimum atomic E-state index is -0.159. The number of aromatic nitrogens is 4. The second-order valence-corrected chi connectivity index (χ2v) is 7.26. The summed E-state index contributed by atoms with van der Waals surface area (Å²) in [5.74, 6) is 1.10. The van der Waals surface area contributed by atoms with Gasteiger partial charge < -0.3 is 10.6 Å². The predicted octanol–water partition coefficient (Wildman–Crippen LogP) is 4.73. The number of carbonyl (C=O) groups excluding carboxylic acids is 1. The van der Waals surface area contributed by atoms with Crippen molar-refractivity contribution in [2.24, 2.45) is 0 Å². The van der Waals surface area contributed by atoms with Crippen LogP contribution in [0.3, 0.4) is 0 Å². The Kier molecular flexibility index (Phi) is 5.35. The zero-order valence-electron chi connectivity index (χ0n) is 15.5. The van der Waals surface area contributed by atoms with Crippen LogP contribution in [0.1, 0.15) is 16.1 Å². The number of rotatable bonds is 5. The van der Waals surface area contributed by atoms with Crippen LogP contribution in [-0.2, 0) is 0 Å². The van der Waals surface area contributed by atoms with Crippen molar-refractivity contribution in [3.63, 3.8) is 0 Å². The van der Waals surface area contributed by atoms with Crippen molar-refractivity contribution in [2.75, 3.05) is 10.6 Å². The monoisotopic (exact) mass is 448 g/mol. The summed E-state index contributed by atoms with van der Waals surface area (Å²) >= 11 is 3.36. The molecule has 8 heteroatoms. The number of hydrogen-bond donors (Lipinski definition) is 2. The van der Waals surface area contributed by atoms with Gasteiger partial charge in [-0.3, -0.25) is 4.79 Å². The topological polar surface area (TPSA) is 84.7 Å². The van der Waals surface area contributed by atoms with Crippen LogP contribution in [-0.4, -0.2) is 25.9 Å². The first kappa shape index (κ1) is 18.8. The van der Waals surface area contributed by atoms with Gasteiger partial charge in [-0.1, -0.05) is 15.9 Å². The molecule has 4 rings (SSSR count). The standard InChI is InChI=1S/C21H17BrN6O/c1-14-12-13-28(27-14)20-11-10-19(25-26-20)23-17-6-8-18(9-7-17)24-21(29)15-2-4-16(22)5-3-15/h2-13H,1H3,(H,23,25)(H,24,29). The molecule has 2 heterocycles. The van der Waals surface area contributed by atoms with Crippen LogP contribution < -0.4 is 10.6 Å². The molecule has 1 amide bonds. The van der Waals surface area contributed by atoms with Gasteiger partial charge in [0.1, 0.15) is 0 Å². The number of benzene rings is 2. The lowest BCUT2D eigenvalue weighted by atomic mass is 10.2. The molecule has 0 saturated carbocycles. The SMILES string of the molecule is Cc1ccn(-c2ccc(Nc3ccc(NC(=O)c4ccc(Br)cc4)cc3)nn2)n1. The number of amides is 1. The molecule has 0 spiro atoms. The summed E-state index contributed by atoms with van der Waals surface area (Å²) < 4.78 is 2.61. The highest BCUT2D eigenvalue weighted by Gasteiger charge is 2.06. The van der Waals surface area contributed by atoms with Crippen molar-refractivity contribution < 1.29 is 4.79 Å². The Morgan fingerprint density at radius 2 is 1.62 bits per heavy atom. The Morgan fingerprint density at radius 1 is 0.897 bits per heavy atom. The van der Waals surface area contributed by atoms with Crippen LogP contribution in [0.4, 0.5) is 17.2 Å². The lowest BCUT2D eigenvalue weighted by Gasteiger charge is -2.08. The van der Waals surface area contributed by atoms with Crippen molar-refractivity contribution in [1.82, 2.24) is 20.0 Å². The van der Waals surface area contributed by atoms with E-state index >= 15 is 0 Å². The highest BCUT2D eigenvalue weighted by Crippen LogP contribution is 2.19. The molecule has 0 atom stereocenters. The first-order valence-corrected chi connectivity index (χ1v) is 9.66. The van der Waals surface area contributed by atoms with Gasteiger partial charge in [0.2, 0.25) is 0 Å². The molecule has 2 N–H and O–H groups in total. The summed E-state index contributed by atoms with van der Waals surface area (Å²) in [6, 6.07) is 20.2. The fraction of sp³-hybridized carbons (Fsp3) is 0.0476. The molecule has 0 aliphatic heterocycles. The zero-order valence-corrected chi connectivity index (χ0v) is 17.1. The summed E-state index contributed by atoms with van der Waals surface area (Å²) in [5.41, 5.74) is 3.06. The summed E-state index contributed by atoms with van der Waals surface area (Å²) in [7, 11) is 0. The van der Waals surface area contributed by atoms with Gasteiger partial charge in [0.05, 0.1) is 5.69 Å². The summed E-state index contributed by atoms with van der Waals surface area (Å²) in [6.45, 7) is 1.92. The summed E-state index contributed by atoms with van der Waals surface area (Å²) in [6.07, 6.45) is 1.84. The average molecular weight is 449 g/mol. The van der Waals surface area contributed by atoms with E-state index in [2.05, 4.69) is 41.9 Å². The molecule has 0 aliphatic rings. The number of hydrogen-bond acceptors (Lipinski definition) is 5. The molecule has 0 radical (unpaired) electrons. The Balaban J connectivity index is 1.39. The number of halogens is 1. The molecule has 0 bridgehead atoms. The molecule has 0 saturated heterocycles. The van der Waals surface area contributed by atoms with E-state index in [0.29, 0.717) is 22.9 Å². The van der Waals surface area contributed by atoms with Crippen LogP contribution in [0.15, 0.2) is 77.4 Å². The fourth-order valence-corrected chi connectivity index (χ4v) is 2.91. The highest BCUT2D eigenvalue weighted by molar-refractivity contribution is 9.10. The first-order chi connectivity index (χ1) is 14.1. The van der Waals surface area contributed by atoms with Crippen molar-refractivity contribution in [1.29, 1.82) is 0 Å². The minimum Gasteiger partial charge on any atom is -0.339 e. The third-order valence-electron chi connectivity index (χ3n) is 4.13. The Labute approximate surface area is 175 Å². The van der Waals surface area contributed by atoms with Crippen molar-refractivity contribution in [3.8, 4) is 5.82 Å². The van der Waals surface area contributed by atoms with Gasteiger partial charge >= 0.3 is 0 Å². The van der Waals surface area contributed by atoms with Crippen molar-refractivity contribution in [3.05, 3.63) is 88.7 Å². The molecule has 0 aliphatic carbocycles. The van der Waals surface area contributed by atoms with E-state index in [1.165, 1.54) is 0 Å². The molecule has 2 aromatic carbocycles. The number of aryl methyl sites for hydroxylation is 1. The van der Waals surface area contributed by atoms with E-state index in [1.807, 2.05) is 67.7 Å². The predicted molar refractivity (Wildman–Crippen MR) is 116 cm³/mol. The van der Waals surface area contributed by atoms with Gasteiger partial charge in [-0.25, -0.2) is 4.68 Å². The van der Waals surface area contributed by atoms with Gasteiger partial charge in [-0.15, -0.1) is 10.2 Å². The quantitative estimate of drug-likeness (QED) is 0.460. The molecule has 29 heavy (non-hydrogen) atoms. The third-order valence-corrected chi connectivity index (χ3v) is 4.66. The number of nitrogens with zero attached hydrogens (tertiary/aromatic N) is 4. The summed E-state index contributed by atoms with van der Waals surface area (Å²) in [5, 5.41) is 18.7. The minimum absolute atomic E-state index is 0.159. The normalized spacial score (nSPS) is 10.6. The lowest BCUT2D eigenvalue weighted by molar-refractivity contribution is 0.102. The zero-order chi connectivity index (χ0) is 20.2. The average Bonchev–Trinajstić information content (AvgIpc) is 3.17. The van der Waals surface area contributed by atoms with E-state index in [4.69, 9.17) is 0 Å². The van der Waals surface area contributed by atoms with Gasteiger partial charge in [0.25, 0.3) is 5.91 Å². The smallest absolute Gasteiger partial charge is 0.255 e. The fourth-order valence-electron chi connectivity index (χ4n) is 2.65. The molecule has 0 fully saturated rings. The van der Waals surface area contributed by atoms with E-state index in [-0.39, 0.29) is 5.91 Å². The van der Waals surface area contributed by atoms with Gasteiger partial charge in [-0.2, -0.15) is 5.10 Å². The maximum absolute atomic E-state index is 12.3. The van der Waals surface area contributed by atoms with Crippen LogP contribution >= 0.6 is 15.9 Å². The van der Waals surface area contributed by atoms with Gasteiger partial charge in [0.15, 0.2) is 11.6 Å². The van der Waals surface area contributed by atoms with Crippen LogP contribution in [0.25, 0.3) is 5.82 Å². The molecule has 144 valence electrons. The molecular weight excluding hydrogens is 432 g/mol. The van der Waals surface area contributed by atoms with E-state index < -0.39 is 0 Å². The summed E-state index contributed by atoms with van der Waals surface area (Å²) in [4.78, 5) is 12.3. The molecule has 7 nitrogen and oxygen atoms in total. The third kappa shape index (κ3) is 4.67. The van der Waals surface area contributed by atoms with Crippen molar-refractivity contribution >= 4 is 39.0 Å². The van der Waals surface area contributed by atoms with E-state index in [0.717, 1.165) is 15.9 Å². The van der Waals surface area contributed by atoms with Crippen LogP contribution in [0.2, 0.25) is 0 Å². The number of anilines is 3. The second kappa shape index (κ2) is 8.24. The van der Waals surface area contributed by atoms with Crippen LogP contribution in [0.5, 0.6) is 0 Å². The Hall–Kier alpha value is -3.52. The van der Waals surface area contributed by atoms with E-state index in [9.17, 15) is 4.79 Å². The maximum Gasteiger partial charge on any atom is 0.255 e.